The minimum absolute atomic E-state index is 0.0430. The fraction of sp³-hybridized carbons (Fsp3) is 0.529. The van der Waals surface area contributed by atoms with E-state index < -0.39 is 0 Å². The van der Waals surface area contributed by atoms with E-state index in [9.17, 15) is 4.79 Å². The van der Waals surface area contributed by atoms with E-state index in [1.807, 2.05) is 24.3 Å². The van der Waals surface area contributed by atoms with Crippen LogP contribution in [-0.2, 0) is 16.0 Å². The first kappa shape index (κ1) is 15.5. The van der Waals surface area contributed by atoms with E-state index in [-0.39, 0.29) is 17.9 Å². The molecule has 1 fully saturated rings. The van der Waals surface area contributed by atoms with Crippen LogP contribution in [-0.4, -0.2) is 17.9 Å². The number of carbonyl (C=O) groups excluding carboxylic acids is 1. The lowest BCUT2D eigenvalue weighted by Crippen LogP contribution is -2.28. The van der Waals surface area contributed by atoms with Crippen LogP contribution in [0.25, 0.3) is 0 Å². The molecule has 4 nitrogen and oxygen atoms in total. The number of nitrogens with one attached hydrogen (secondary N) is 1. The largest absolute Gasteiger partial charge is 0.462 e. The number of aryl methyl sites for hydroxylation is 1. The molecule has 114 valence electrons. The zero-order chi connectivity index (χ0) is 15.2. The summed E-state index contributed by atoms with van der Waals surface area (Å²) in [6, 6.07) is 7.84. The van der Waals surface area contributed by atoms with E-state index in [4.69, 9.17) is 15.9 Å². The predicted octanol–water partition coefficient (Wildman–Crippen LogP) is 3.03. The van der Waals surface area contributed by atoms with Gasteiger partial charge in [-0.2, -0.15) is 0 Å². The smallest absolute Gasteiger partial charge is 0.306 e. The molecule has 1 aromatic carbocycles. The van der Waals surface area contributed by atoms with Crippen LogP contribution in [0.15, 0.2) is 24.3 Å². The average Bonchev–Trinajstić information content (AvgIpc) is 2.43. The van der Waals surface area contributed by atoms with Crippen molar-refractivity contribution < 1.29 is 9.53 Å². The average molecular weight is 288 g/mol. The molecule has 2 rings (SSSR count). The molecule has 21 heavy (non-hydrogen) atoms. The third kappa shape index (κ3) is 4.88. The summed E-state index contributed by atoms with van der Waals surface area (Å²) in [5.41, 5.74) is 7.46. The molecule has 0 bridgehead atoms. The molecule has 2 atom stereocenters. The number of nitrogens with two attached hydrogens (primary N) is 1. The molecule has 1 aliphatic rings. The molecule has 1 aromatic rings. The van der Waals surface area contributed by atoms with Crippen molar-refractivity contribution in [2.24, 2.45) is 11.7 Å². The Morgan fingerprint density at radius 1 is 1.33 bits per heavy atom. The van der Waals surface area contributed by atoms with E-state index >= 15 is 0 Å². The summed E-state index contributed by atoms with van der Waals surface area (Å²) in [6.45, 7) is 2.12. The summed E-state index contributed by atoms with van der Waals surface area (Å²) in [7, 11) is 0. The quantitative estimate of drug-likeness (QED) is 0.365. The maximum atomic E-state index is 11.4. The van der Waals surface area contributed by atoms with Gasteiger partial charge in [-0.15, -0.1) is 0 Å². The zero-order valence-electron chi connectivity index (χ0n) is 12.6. The van der Waals surface area contributed by atoms with Crippen molar-refractivity contribution in [3.8, 4) is 0 Å². The lowest BCUT2D eigenvalue weighted by molar-refractivity contribution is -0.156. The topological polar surface area (TPSA) is 76.2 Å². The van der Waals surface area contributed by atoms with Crippen LogP contribution in [0.4, 0.5) is 0 Å². The second kappa shape index (κ2) is 7.25. The van der Waals surface area contributed by atoms with Crippen molar-refractivity contribution in [3.63, 3.8) is 0 Å². The minimum atomic E-state index is -0.0430. The Morgan fingerprint density at radius 2 is 2.05 bits per heavy atom. The Hall–Kier alpha value is -1.84. The van der Waals surface area contributed by atoms with E-state index in [1.165, 1.54) is 5.56 Å². The van der Waals surface area contributed by atoms with Crippen LogP contribution in [0.3, 0.4) is 0 Å². The van der Waals surface area contributed by atoms with Gasteiger partial charge < -0.3 is 10.5 Å². The first-order chi connectivity index (χ1) is 10.0. The number of amidine groups is 1. The first-order valence-electron chi connectivity index (χ1n) is 7.67. The highest BCUT2D eigenvalue weighted by molar-refractivity contribution is 5.94. The van der Waals surface area contributed by atoms with Gasteiger partial charge in [0.1, 0.15) is 11.9 Å². The van der Waals surface area contributed by atoms with Crippen LogP contribution in [0.1, 0.15) is 50.2 Å². The van der Waals surface area contributed by atoms with Gasteiger partial charge in [-0.3, -0.25) is 10.2 Å². The Kier molecular flexibility index (Phi) is 5.37. The van der Waals surface area contributed by atoms with E-state index in [0.717, 1.165) is 37.7 Å². The SMILES string of the molecule is C[C@H]1CC(=O)O[C@@H](CCCCc2ccc(C(=N)N)cc2)C1. The molecule has 0 radical (unpaired) electrons. The highest BCUT2D eigenvalue weighted by Gasteiger charge is 2.25. The maximum Gasteiger partial charge on any atom is 0.306 e. The molecule has 1 aliphatic heterocycles. The predicted molar refractivity (Wildman–Crippen MR) is 83.3 cm³/mol. The number of benzene rings is 1. The van der Waals surface area contributed by atoms with Crippen LogP contribution >= 0.6 is 0 Å². The van der Waals surface area contributed by atoms with Gasteiger partial charge in [-0.25, -0.2) is 0 Å². The summed E-state index contributed by atoms with van der Waals surface area (Å²) in [4.78, 5) is 11.4. The van der Waals surface area contributed by atoms with Gasteiger partial charge in [0.25, 0.3) is 0 Å². The minimum Gasteiger partial charge on any atom is -0.462 e. The van der Waals surface area contributed by atoms with Crippen molar-refractivity contribution in [1.29, 1.82) is 5.41 Å². The van der Waals surface area contributed by atoms with Crippen molar-refractivity contribution in [3.05, 3.63) is 35.4 Å². The number of hydrogen-bond acceptors (Lipinski definition) is 3. The molecule has 1 heterocycles. The molecule has 4 heteroatoms. The van der Waals surface area contributed by atoms with Crippen molar-refractivity contribution in [2.45, 2.75) is 51.6 Å². The molecule has 3 N–H and O–H groups in total. The van der Waals surface area contributed by atoms with Gasteiger partial charge in [0.15, 0.2) is 0 Å². The Morgan fingerprint density at radius 3 is 2.67 bits per heavy atom. The standard InChI is InChI=1S/C17H24N2O2/c1-12-10-15(21-16(20)11-12)5-3-2-4-13-6-8-14(9-7-13)17(18)19/h6-9,12,15H,2-5,10-11H2,1H3,(H3,18,19)/t12-,15+/m1/s1. The van der Waals surface area contributed by atoms with Gasteiger partial charge in [0, 0.05) is 12.0 Å². The summed E-state index contributed by atoms with van der Waals surface area (Å²) >= 11 is 0. The first-order valence-corrected chi connectivity index (χ1v) is 7.67. The molecule has 0 aliphatic carbocycles. The summed E-state index contributed by atoms with van der Waals surface area (Å²) in [5, 5.41) is 7.36. The molecule has 0 unspecified atom stereocenters. The molecule has 1 saturated heterocycles. The van der Waals surface area contributed by atoms with Crippen molar-refractivity contribution in [1.82, 2.24) is 0 Å². The lowest BCUT2D eigenvalue weighted by Gasteiger charge is -2.26. The number of nitrogen functional groups attached to an aromatic ring is 1. The number of unbranched alkanes of at least 4 members (excludes halogenated alkanes) is 1. The molecule has 0 saturated carbocycles. The Bertz CT molecular complexity index is 496. The normalized spacial score (nSPS) is 21.9. The summed E-state index contributed by atoms with van der Waals surface area (Å²) in [5.74, 6) is 0.517. The number of ether oxygens (including phenoxy) is 1. The summed E-state index contributed by atoms with van der Waals surface area (Å²) in [6.07, 6.45) is 5.80. The number of hydrogen-bond donors (Lipinski definition) is 2. The second-order valence-corrected chi connectivity index (χ2v) is 6.01. The van der Waals surface area contributed by atoms with Gasteiger partial charge in [-0.1, -0.05) is 31.2 Å². The fourth-order valence-corrected chi connectivity index (χ4v) is 2.83. The monoisotopic (exact) mass is 288 g/mol. The molecular formula is C17H24N2O2. The van der Waals surface area contributed by atoms with Crippen LogP contribution in [0, 0.1) is 11.3 Å². The third-order valence-electron chi connectivity index (χ3n) is 3.98. The molecule has 0 amide bonds. The molecular weight excluding hydrogens is 264 g/mol. The number of cyclic esters (lactones) is 1. The fourth-order valence-electron chi connectivity index (χ4n) is 2.83. The highest BCUT2D eigenvalue weighted by Crippen LogP contribution is 2.24. The number of carbonyl (C=O) groups is 1. The van der Waals surface area contributed by atoms with Gasteiger partial charge in [0.2, 0.25) is 0 Å². The van der Waals surface area contributed by atoms with E-state index in [2.05, 4.69) is 6.92 Å². The van der Waals surface area contributed by atoms with Gasteiger partial charge in [0.05, 0.1) is 0 Å². The van der Waals surface area contributed by atoms with Crippen LogP contribution < -0.4 is 5.73 Å². The van der Waals surface area contributed by atoms with E-state index in [1.54, 1.807) is 0 Å². The third-order valence-corrected chi connectivity index (χ3v) is 3.98. The zero-order valence-corrected chi connectivity index (χ0v) is 12.6. The Balaban J connectivity index is 1.69. The maximum absolute atomic E-state index is 11.4. The number of rotatable bonds is 6. The molecule has 0 spiro atoms. The van der Waals surface area contributed by atoms with Crippen LogP contribution in [0.2, 0.25) is 0 Å². The Labute approximate surface area is 126 Å². The van der Waals surface area contributed by atoms with Gasteiger partial charge >= 0.3 is 5.97 Å². The van der Waals surface area contributed by atoms with Crippen LogP contribution in [0.5, 0.6) is 0 Å². The van der Waals surface area contributed by atoms with Gasteiger partial charge in [-0.05, 0) is 43.6 Å². The van der Waals surface area contributed by atoms with Crippen molar-refractivity contribution >= 4 is 11.8 Å². The lowest BCUT2D eigenvalue weighted by atomic mass is 9.94. The summed E-state index contributed by atoms with van der Waals surface area (Å²) < 4.78 is 5.37. The van der Waals surface area contributed by atoms with E-state index in [0.29, 0.717) is 12.3 Å². The molecule has 0 aromatic heterocycles. The second-order valence-electron chi connectivity index (χ2n) is 6.01. The number of esters is 1. The highest BCUT2D eigenvalue weighted by atomic mass is 16.5. The van der Waals surface area contributed by atoms with Crippen molar-refractivity contribution in [2.75, 3.05) is 0 Å².